The predicted molar refractivity (Wildman–Crippen MR) is 72.3 cm³/mol. The maximum Gasteiger partial charge on any atom is 0.225 e. The zero-order valence-electron chi connectivity index (χ0n) is 11.0. The molecule has 94 valence electrons. The SMILES string of the molecule is CCNCCC(=O)Nc1ccc(CC)c(C)c1. The molecule has 0 atom stereocenters. The minimum Gasteiger partial charge on any atom is -0.326 e. The zero-order chi connectivity index (χ0) is 12.7. The third-order valence-electron chi connectivity index (χ3n) is 2.79. The van der Waals surface area contributed by atoms with E-state index in [9.17, 15) is 4.79 Å². The van der Waals surface area contributed by atoms with Gasteiger partial charge < -0.3 is 10.6 Å². The van der Waals surface area contributed by atoms with Crippen LogP contribution in [-0.2, 0) is 11.2 Å². The summed E-state index contributed by atoms with van der Waals surface area (Å²) >= 11 is 0. The third-order valence-corrected chi connectivity index (χ3v) is 2.79. The maximum atomic E-state index is 11.6. The molecule has 0 fully saturated rings. The molecule has 0 bridgehead atoms. The van der Waals surface area contributed by atoms with Crippen molar-refractivity contribution in [2.75, 3.05) is 18.4 Å². The summed E-state index contributed by atoms with van der Waals surface area (Å²) < 4.78 is 0. The van der Waals surface area contributed by atoms with E-state index in [2.05, 4.69) is 30.5 Å². The molecule has 0 heterocycles. The highest BCUT2D eigenvalue weighted by Gasteiger charge is 2.03. The molecule has 0 aromatic heterocycles. The Balaban J connectivity index is 2.51. The molecular formula is C14H22N2O. The number of amides is 1. The largest absolute Gasteiger partial charge is 0.326 e. The van der Waals surface area contributed by atoms with E-state index in [-0.39, 0.29) is 5.91 Å². The summed E-state index contributed by atoms with van der Waals surface area (Å²) in [4.78, 5) is 11.6. The van der Waals surface area contributed by atoms with E-state index in [4.69, 9.17) is 0 Å². The van der Waals surface area contributed by atoms with Crippen LogP contribution >= 0.6 is 0 Å². The molecule has 0 spiro atoms. The van der Waals surface area contributed by atoms with Crippen molar-refractivity contribution in [2.45, 2.75) is 33.6 Å². The Morgan fingerprint density at radius 1 is 1.29 bits per heavy atom. The van der Waals surface area contributed by atoms with Crippen LogP contribution in [0.2, 0.25) is 0 Å². The fourth-order valence-corrected chi connectivity index (χ4v) is 1.77. The van der Waals surface area contributed by atoms with Gasteiger partial charge in [-0.2, -0.15) is 0 Å². The lowest BCUT2D eigenvalue weighted by atomic mass is 10.1. The number of nitrogens with one attached hydrogen (secondary N) is 2. The summed E-state index contributed by atoms with van der Waals surface area (Å²) in [7, 11) is 0. The number of benzene rings is 1. The molecule has 3 nitrogen and oxygen atoms in total. The van der Waals surface area contributed by atoms with E-state index >= 15 is 0 Å². The second-order valence-electron chi connectivity index (χ2n) is 4.15. The number of carbonyl (C=O) groups is 1. The van der Waals surface area contributed by atoms with Gasteiger partial charge >= 0.3 is 0 Å². The Bertz CT molecular complexity index is 374. The van der Waals surface area contributed by atoms with Crippen molar-refractivity contribution in [2.24, 2.45) is 0 Å². The molecule has 0 saturated heterocycles. The minimum atomic E-state index is 0.0644. The normalized spacial score (nSPS) is 10.3. The first kappa shape index (κ1) is 13.7. The summed E-state index contributed by atoms with van der Waals surface area (Å²) in [5.74, 6) is 0.0644. The molecule has 0 saturated carbocycles. The topological polar surface area (TPSA) is 41.1 Å². The van der Waals surface area contributed by atoms with Gasteiger partial charge in [-0.3, -0.25) is 4.79 Å². The fourth-order valence-electron chi connectivity index (χ4n) is 1.77. The smallest absolute Gasteiger partial charge is 0.225 e. The molecule has 0 unspecified atom stereocenters. The van der Waals surface area contributed by atoms with E-state index < -0.39 is 0 Å². The van der Waals surface area contributed by atoms with Crippen LogP contribution in [0.1, 0.15) is 31.4 Å². The lowest BCUT2D eigenvalue weighted by Gasteiger charge is -2.08. The van der Waals surface area contributed by atoms with Gasteiger partial charge in [0.2, 0.25) is 5.91 Å². The maximum absolute atomic E-state index is 11.6. The molecule has 17 heavy (non-hydrogen) atoms. The lowest BCUT2D eigenvalue weighted by molar-refractivity contribution is -0.116. The highest BCUT2D eigenvalue weighted by Crippen LogP contribution is 2.15. The first-order valence-electron chi connectivity index (χ1n) is 6.27. The third kappa shape index (κ3) is 4.57. The van der Waals surface area contributed by atoms with Crippen molar-refractivity contribution in [3.8, 4) is 0 Å². The summed E-state index contributed by atoms with van der Waals surface area (Å²) in [6.07, 6.45) is 1.54. The average molecular weight is 234 g/mol. The van der Waals surface area contributed by atoms with Crippen LogP contribution in [0.15, 0.2) is 18.2 Å². The minimum absolute atomic E-state index is 0.0644. The van der Waals surface area contributed by atoms with Crippen molar-refractivity contribution < 1.29 is 4.79 Å². The number of rotatable bonds is 6. The number of hydrogen-bond acceptors (Lipinski definition) is 2. The molecule has 2 N–H and O–H groups in total. The van der Waals surface area contributed by atoms with Crippen molar-refractivity contribution in [3.05, 3.63) is 29.3 Å². The number of hydrogen-bond donors (Lipinski definition) is 2. The fraction of sp³-hybridized carbons (Fsp3) is 0.500. The van der Waals surface area contributed by atoms with Crippen LogP contribution in [0.5, 0.6) is 0 Å². The molecular weight excluding hydrogens is 212 g/mol. The van der Waals surface area contributed by atoms with Crippen LogP contribution in [0.4, 0.5) is 5.69 Å². The van der Waals surface area contributed by atoms with Crippen molar-refractivity contribution in [1.29, 1.82) is 0 Å². The van der Waals surface area contributed by atoms with E-state index in [1.807, 2.05) is 19.1 Å². The molecule has 1 amide bonds. The highest BCUT2D eigenvalue weighted by atomic mass is 16.1. The van der Waals surface area contributed by atoms with Crippen molar-refractivity contribution in [3.63, 3.8) is 0 Å². The molecule has 1 aromatic carbocycles. The molecule has 0 aliphatic carbocycles. The second kappa shape index (κ2) is 7.07. The summed E-state index contributed by atoms with van der Waals surface area (Å²) in [6.45, 7) is 7.88. The zero-order valence-corrected chi connectivity index (χ0v) is 11.0. The lowest BCUT2D eigenvalue weighted by Crippen LogP contribution is -2.21. The Morgan fingerprint density at radius 3 is 2.65 bits per heavy atom. The molecule has 1 aromatic rings. The van der Waals surface area contributed by atoms with Gasteiger partial charge in [-0.1, -0.05) is 19.9 Å². The van der Waals surface area contributed by atoms with Gasteiger partial charge in [0.05, 0.1) is 0 Å². The molecule has 1 rings (SSSR count). The molecule has 3 heteroatoms. The van der Waals surface area contributed by atoms with E-state index in [0.717, 1.165) is 25.2 Å². The van der Waals surface area contributed by atoms with Crippen molar-refractivity contribution >= 4 is 11.6 Å². The standard InChI is InChI=1S/C14H22N2O/c1-4-12-6-7-13(10-11(12)3)16-14(17)8-9-15-5-2/h6-7,10,15H,4-5,8-9H2,1-3H3,(H,16,17). The Labute approximate surface area is 104 Å². The van der Waals surface area contributed by atoms with Crippen LogP contribution in [0.3, 0.4) is 0 Å². The Morgan fingerprint density at radius 2 is 2.06 bits per heavy atom. The summed E-state index contributed by atoms with van der Waals surface area (Å²) in [6, 6.07) is 6.08. The monoisotopic (exact) mass is 234 g/mol. The quantitative estimate of drug-likeness (QED) is 0.742. The first-order chi connectivity index (χ1) is 8.17. The van der Waals surface area contributed by atoms with Crippen LogP contribution in [0.25, 0.3) is 0 Å². The predicted octanol–water partition coefficient (Wildman–Crippen LogP) is 2.50. The summed E-state index contributed by atoms with van der Waals surface area (Å²) in [5.41, 5.74) is 3.45. The van der Waals surface area contributed by atoms with Gasteiger partial charge in [0.15, 0.2) is 0 Å². The van der Waals surface area contributed by atoms with Crippen LogP contribution < -0.4 is 10.6 Å². The van der Waals surface area contributed by atoms with Gasteiger partial charge in [-0.15, -0.1) is 0 Å². The van der Waals surface area contributed by atoms with E-state index in [1.165, 1.54) is 11.1 Å². The van der Waals surface area contributed by atoms with Crippen molar-refractivity contribution in [1.82, 2.24) is 5.32 Å². The number of carbonyl (C=O) groups excluding carboxylic acids is 1. The van der Waals surface area contributed by atoms with E-state index in [1.54, 1.807) is 0 Å². The van der Waals surface area contributed by atoms with Crippen LogP contribution in [0, 0.1) is 6.92 Å². The van der Waals surface area contributed by atoms with Gasteiger partial charge in [-0.05, 0) is 43.1 Å². The van der Waals surface area contributed by atoms with Gasteiger partial charge in [0.25, 0.3) is 0 Å². The molecule has 0 aliphatic rings. The van der Waals surface area contributed by atoms with Gasteiger partial charge in [0, 0.05) is 18.7 Å². The average Bonchev–Trinajstić information content (AvgIpc) is 2.29. The number of anilines is 1. The highest BCUT2D eigenvalue weighted by molar-refractivity contribution is 5.90. The van der Waals surface area contributed by atoms with Crippen LogP contribution in [-0.4, -0.2) is 19.0 Å². The molecule has 0 aliphatic heterocycles. The summed E-state index contributed by atoms with van der Waals surface area (Å²) in [5, 5.41) is 6.05. The Hall–Kier alpha value is -1.35. The van der Waals surface area contributed by atoms with E-state index in [0.29, 0.717) is 6.42 Å². The first-order valence-corrected chi connectivity index (χ1v) is 6.27. The molecule has 0 radical (unpaired) electrons. The Kier molecular flexibility index (Phi) is 5.70. The van der Waals surface area contributed by atoms with Gasteiger partial charge in [-0.25, -0.2) is 0 Å². The second-order valence-corrected chi connectivity index (χ2v) is 4.15. The van der Waals surface area contributed by atoms with Gasteiger partial charge in [0.1, 0.15) is 0 Å². The number of aryl methyl sites for hydroxylation is 2.